The number of rotatable bonds is 2. The minimum atomic E-state index is 0.486. The molecule has 2 rings (SSSR count). The van der Waals surface area contributed by atoms with Crippen molar-refractivity contribution in [2.75, 3.05) is 0 Å². The first-order chi connectivity index (χ1) is 4.95. The molecule has 0 aromatic heterocycles. The first-order valence-electron chi connectivity index (χ1n) is 2.94. The highest BCUT2D eigenvalue weighted by Crippen LogP contribution is 2.31. The maximum absolute atomic E-state index is 5.20. The lowest BCUT2D eigenvalue weighted by Gasteiger charge is -1.87. The van der Waals surface area contributed by atoms with Crippen molar-refractivity contribution in [3.8, 4) is 5.75 Å². The van der Waals surface area contributed by atoms with E-state index in [1.54, 1.807) is 4.63 Å². The summed E-state index contributed by atoms with van der Waals surface area (Å²) in [4.78, 5) is 9.04. The third kappa shape index (κ3) is 1.31. The summed E-state index contributed by atoms with van der Waals surface area (Å²) in [5.74, 6) is 0.844. The molecule has 10 heavy (non-hydrogen) atoms. The van der Waals surface area contributed by atoms with Crippen LogP contribution in [0.4, 0.5) is 0 Å². The smallest absolute Gasteiger partial charge is 0.208 e. The zero-order valence-electron chi connectivity index (χ0n) is 5.19. The molecule has 1 atom stereocenters. The summed E-state index contributed by atoms with van der Waals surface area (Å²) in [6.07, 6.45) is 0. The van der Waals surface area contributed by atoms with Gasteiger partial charge >= 0.3 is 8.88 Å². The van der Waals surface area contributed by atoms with Crippen molar-refractivity contribution in [3.05, 3.63) is 30.3 Å². The van der Waals surface area contributed by atoms with Crippen molar-refractivity contribution in [2.24, 2.45) is 4.88 Å². The highest BCUT2D eigenvalue weighted by atomic mass is 31.1. The van der Waals surface area contributed by atoms with Gasteiger partial charge in [0.05, 0.1) is 0 Å². The van der Waals surface area contributed by atoms with E-state index in [1.165, 1.54) is 0 Å². The predicted molar refractivity (Wildman–Crippen MR) is 38.1 cm³/mol. The summed E-state index contributed by atoms with van der Waals surface area (Å²) in [5.41, 5.74) is 0. The van der Waals surface area contributed by atoms with E-state index in [0.717, 1.165) is 5.75 Å². The molecule has 0 aliphatic carbocycles. The molecule has 0 saturated heterocycles. The molecule has 50 valence electrons. The van der Waals surface area contributed by atoms with Gasteiger partial charge in [0.2, 0.25) is 5.75 Å². The summed E-state index contributed by atoms with van der Waals surface area (Å²) in [6.45, 7) is 0. The largest absolute Gasteiger partial charge is 0.452 e. The van der Waals surface area contributed by atoms with Gasteiger partial charge in [-0.2, -0.15) is 0 Å². The fourth-order valence-corrected chi connectivity index (χ4v) is 0.864. The quantitative estimate of drug-likeness (QED) is 0.596. The maximum Gasteiger partial charge on any atom is 0.452 e. The van der Waals surface area contributed by atoms with E-state index in [1.807, 2.05) is 30.3 Å². The molecule has 1 aliphatic heterocycles. The van der Waals surface area contributed by atoms with Crippen molar-refractivity contribution in [2.45, 2.75) is 0 Å². The van der Waals surface area contributed by atoms with Gasteiger partial charge in [0.25, 0.3) is 0 Å². The van der Waals surface area contributed by atoms with Crippen LogP contribution in [0.25, 0.3) is 0 Å². The van der Waals surface area contributed by atoms with Crippen LogP contribution in [0.1, 0.15) is 0 Å². The maximum atomic E-state index is 5.20. The lowest BCUT2D eigenvalue weighted by molar-refractivity contribution is -0.624. The van der Waals surface area contributed by atoms with Crippen LogP contribution in [-0.4, -0.2) is 4.63 Å². The third-order valence-electron chi connectivity index (χ3n) is 1.12. The normalized spacial score (nSPS) is 16.6. The van der Waals surface area contributed by atoms with Gasteiger partial charge in [-0.15, -0.1) is 0 Å². The Kier molecular flexibility index (Phi) is 1.36. The van der Waals surface area contributed by atoms with E-state index in [-0.39, 0.29) is 0 Å². The van der Waals surface area contributed by atoms with Crippen LogP contribution in [0.15, 0.2) is 35.2 Å². The standard InChI is InChI=1S/C6H6N2OP/c1-2-4-6(5-3-1)9-8-7-10-8/h1-5,10H/q+1. The molecule has 0 spiro atoms. The number of nitrogens with zero attached hydrogens (tertiary/aromatic N) is 2. The molecule has 0 bridgehead atoms. The monoisotopic (exact) mass is 153 g/mol. The molecule has 0 amide bonds. The fourth-order valence-electron chi connectivity index (χ4n) is 0.640. The summed E-state index contributed by atoms with van der Waals surface area (Å²) in [7, 11) is 0.486. The molecule has 1 heterocycles. The van der Waals surface area contributed by atoms with Crippen LogP contribution >= 0.6 is 8.88 Å². The molecule has 1 unspecified atom stereocenters. The van der Waals surface area contributed by atoms with Gasteiger partial charge in [-0.25, -0.2) is 4.84 Å². The average Bonchev–Trinajstić information content (AvgIpc) is 2.74. The Hall–Kier alpha value is -0.950. The van der Waals surface area contributed by atoms with Crippen LogP contribution in [0.3, 0.4) is 0 Å². The second-order valence-corrected chi connectivity index (χ2v) is 2.66. The van der Waals surface area contributed by atoms with Gasteiger partial charge in [0.15, 0.2) is 0 Å². The fraction of sp³-hybridized carbons (Fsp3) is 0. The van der Waals surface area contributed by atoms with Crippen molar-refractivity contribution < 1.29 is 9.47 Å². The van der Waals surface area contributed by atoms with E-state index in [0.29, 0.717) is 8.88 Å². The summed E-state index contributed by atoms with van der Waals surface area (Å²) in [6, 6.07) is 9.62. The molecule has 0 N–H and O–H groups in total. The van der Waals surface area contributed by atoms with Crippen LogP contribution in [0.5, 0.6) is 5.75 Å². The van der Waals surface area contributed by atoms with E-state index in [2.05, 4.69) is 4.88 Å². The molecule has 0 saturated carbocycles. The molecule has 1 aromatic rings. The first-order valence-corrected chi connectivity index (χ1v) is 3.84. The highest BCUT2D eigenvalue weighted by Gasteiger charge is 2.27. The van der Waals surface area contributed by atoms with Gasteiger partial charge in [-0.05, 0) is 12.1 Å². The SMILES string of the molecule is c1ccc(O[N+]2=NP2)cc1. The van der Waals surface area contributed by atoms with Crippen molar-refractivity contribution in [3.63, 3.8) is 0 Å². The zero-order valence-corrected chi connectivity index (χ0v) is 6.19. The second kappa shape index (κ2) is 2.35. The van der Waals surface area contributed by atoms with Gasteiger partial charge in [0, 0.05) is 0 Å². The van der Waals surface area contributed by atoms with Crippen LogP contribution < -0.4 is 4.84 Å². The lowest BCUT2D eigenvalue weighted by Crippen LogP contribution is -1.91. The number of benzene rings is 1. The van der Waals surface area contributed by atoms with Crippen molar-refractivity contribution in [1.82, 2.24) is 0 Å². The Morgan fingerprint density at radius 1 is 1.30 bits per heavy atom. The molecule has 3 nitrogen and oxygen atoms in total. The van der Waals surface area contributed by atoms with Crippen molar-refractivity contribution >= 4 is 8.88 Å². The Balaban J connectivity index is 2.11. The third-order valence-corrected chi connectivity index (χ3v) is 1.57. The van der Waals surface area contributed by atoms with E-state index in [4.69, 9.17) is 4.84 Å². The van der Waals surface area contributed by atoms with Crippen LogP contribution in [0.2, 0.25) is 0 Å². The van der Waals surface area contributed by atoms with Gasteiger partial charge in [-0.3, -0.25) is 0 Å². The minimum Gasteiger partial charge on any atom is -0.208 e. The summed E-state index contributed by atoms with van der Waals surface area (Å²) in [5, 5.41) is 0. The van der Waals surface area contributed by atoms with Gasteiger partial charge < -0.3 is 0 Å². The second-order valence-electron chi connectivity index (χ2n) is 1.88. The molecule has 1 aliphatic rings. The van der Waals surface area contributed by atoms with Crippen molar-refractivity contribution in [1.29, 1.82) is 0 Å². The van der Waals surface area contributed by atoms with Gasteiger partial charge in [0.1, 0.15) is 9.52 Å². The number of para-hydroxylation sites is 1. The molecule has 4 heteroatoms. The van der Waals surface area contributed by atoms with Crippen LogP contribution in [0, 0.1) is 0 Å². The molecular weight excluding hydrogens is 147 g/mol. The first kappa shape index (κ1) is 5.81. The Morgan fingerprint density at radius 2 is 2.00 bits per heavy atom. The lowest BCUT2D eigenvalue weighted by atomic mass is 10.3. The number of hydrogen-bond donors (Lipinski definition) is 0. The van der Waals surface area contributed by atoms with E-state index >= 15 is 0 Å². The molecule has 1 aromatic carbocycles. The molecule has 0 radical (unpaired) electrons. The Bertz CT molecular complexity index is 260. The predicted octanol–water partition coefficient (Wildman–Crippen LogP) is 1.97. The van der Waals surface area contributed by atoms with E-state index < -0.39 is 0 Å². The summed E-state index contributed by atoms with van der Waals surface area (Å²) < 4.78 is 1.56. The minimum absolute atomic E-state index is 0.486. The zero-order chi connectivity index (χ0) is 6.81. The topological polar surface area (TPSA) is 24.6 Å². The Labute approximate surface area is 60.2 Å². The highest BCUT2D eigenvalue weighted by molar-refractivity contribution is 7.32. The average molecular weight is 153 g/mol. The molecular formula is C6H6N2OP+. The Morgan fingerprint density at radius 3 is 2.60 bits per heavy atom. The summed E-state index contributed by atoms with van der Waals surface area (Å²) >= 11 is 0. The van der Waals surface area contributed by atoms with Crippen LogP contribution in [-0.2, 0) is 0 Å². The number of hydrogen-bond acceptors (Lipinski definition) is 2. The van der Waals surface area contributed by atoms with E-state index in [9.17, 15) is 0 Å². The molecule has 0 fully saturated rings. The van der Waals surface area contributed by atoms with Gasteiger partial charge in [-0.1, -0.05) is 18.2 Å².